The quantitative estimate of drug-likeness (QED) is 0.512. The summed E-state index contributed by atoms with van der Waals surface area (Å²) in [5.41, 5.74) is 0.158. The topological polar surface area (TPSA) is 167 Å². The fourth-order valence-electron chi connectivity index (χ4n) is 3.15. The highest BCUT2D eigenvalue weighted by molar-refractivity contribution is 7.32. The molecule has 0 aromatic carbocycles. The first-order chi connectivity index (χ1) is 16.0. The van der Waals surface area contributed by atoms with E-state index in [-0.39, 0.29) is 31.7 Å². The van der Waals surface area contributed by atoms with Crippen molar-refractivity contribution in [2.24, 2.45) is 0 Å². The number of amides is 2. The Morgan fingerprint density at radius 1 is 1.32 bits per heavy atom. The highest BCUT2D eigenvalue weighted by atomic mass is 31.1. The molecular weight excluding hydrogens is 471 g/mol. The molecule has 0 aliphatic carbocycles. The summed E-state index contributed by atoms with van der Waals surface area (Å²) in [6.45, 7) is 5.39. The van der Waals surface area contributed by atoms with Crippen LogP contribution in [0.5, 0.6) is 0 Å². The standard InChI is InChI=1S/C19H27N6O8P/c1-19(2,3)33-18(27)24(4)7-8-30-17(26)23-15-14-16(21-10-20-15)25(11-22-14)13-6-5-12(32-13)9-31-34(28)29/h10-13H,5-9H2,1-4H3,(H-,20,21,23,26,28,29)/p+1/t12-,13+/m0/s1. The summed E-state index contributed by atoms with van der Waals surface area (Å²) in [4.78, 5) is 46.8. The maximum atomic E-state index is 12.2. The van der Waals surface area contributed by atoms with Gasteiger partial charge in [-0.15, -0.1) is 9.42 Å². The number of imidazole rings is 1. The van der Waals surface area contributed by atoms with Gasteiger partial charge in [-0.05, 0) is 33.6 Å². The Kier molecular flexibility index (Phi) is 8.31. The second-order valence-electron chi connectivity index (χ2n) is 8.53. The van der Waals surface area contributed by atoms with Crippen LogP contribution in [0.25, 0.3) is 11.2 Å². The number of carbonyl (C=O) groups excluding carboxylic acids is 2. The molecule has 186 valence electrons. The van der Waals surface area contributed by atoms with Gasteiger partial charge in [0, 0.05) is 11.6 Å². The van der Waals surface area contributed by atoms with Gasteiger partial charge in [0.25, 0.3) is 0 Å². The zero-order valence-electron chi connectivity index (χ0n) is 19.3. The van der Waals surface area contributed by atoms with E-state index in [2.05, 4.69) is 20.3 Å². The lowest BCUT2D eigenvalue weighted by molar-refractivity contribution is -0.0162. The first-order valence-corrected chi connectivity index (χ1v) is 11.7. The van der Waals surface area contributed by atoms with Crippen LogP contribution in [0.15, 0.2) is 12.7 Å². The average molecular weight is 499 g/mol. The molecule has 2 aromatic rings. The number of rotatable bonds is 8. The van der Waals surface area contributed by atoms with Crippen molar-refractivity contribution in [3.05, 3.63) is 12.7 Å². The number of ether oxygens (including phenoxy) is 3. The van der Waals surface area contributed by atoms with E-state index in [1.807, 2.05) is 0 Å². The molecule has 0 radical (unpaired) electrons. The van der Waals surface area contributed by atoms with Crippen LogP contribution < -0.4 is 5.32 Å². The number of hydrogen-bond donors (Lipinski definition) is 2. The largest absolute Gasteiger partial charge is 0.694 e. The van der Waals surface area contributed by atoms with Crippen molar-refractivity contribution in [2.45, 2.75) is 51.5 Å². The first-order valence-electron chi connectivity index (χ1n) is 10.5. The van der Waals surface area contributed by atoms with E-state index in [1.54, 1.807) is 32.4 Å². The maximum Gasteiger partial charge on any atom is 0.694 e. The molecule has 0 saturated carbocycles. The second kappa shape index (κ2) is 11.0. The van der Waals surface area contributed by atoms with Gasteiger partial charge in [-0.2, -0.15) is 0 Å². The fraction of sp³-hybridized carbons (Fsp3) is 0.632. The van der Waals surface area contributed by atoms with Crippen molar-refractivity contribution in [2.75, 3.05) is 32.1 Å². The molecule has 1 unspecified atom stereocenters. The average Bonchev–Trinajstić information content (AvgIpc) is 3.38. The van der Waals surface area contributed by atoms with Crippen LogP contribution in [0.3, 0.4) is 0 Å². The normalized spacial score (nSPS) is 18.6. The van der Waals surface area contributed by atoms with Crippen LogP contribution in [0.1, 0.15) is 39.8 Å². The lowest BCUT2D eigenvalue weighted by atomic mass is 10.2. The highest BCUT2D eigenvalue weighted by Gasteiger charge is 2.31. The number of aromatic nitrogens is 4. The van der Waals surface area contributed by atoms with Gasteiger partial charge in [0.15, 0.2) is 17.0 Å². The minimum absolute atomic E-state index is 0.00554. The summed E-state index contributed by atoms with van der Waals surface area (Å²) >= 11 is 0. The Bertz CT molecular complexity index is 1040. The Labute approximate surface area is 196 Å². The molecule has 3 rings (SSSR count). The molecule has 2 amide bonds. The smallest absolute Gasteiger partial charge is 0.447 e. The summed E-state index contributed by atoms with van der Waals surface area (Å²) in [7, 11) is -1.14. The first kappa shape index (κ1) is 25.7. The van der Waals surface area contributed by atoms with E-state index >= 15 is 0 Å². The molecule has 34 heavy (non-hydrogen) atoms. The van der Waals surface area contributed by atoms with Crippen LogP contribution in [0.2, 0.25) is 0 Å². The predicted molar refractivity (Wildman–Crippen MR) is 118 cm³/mol. The molecule has 2 aromatic heterocycles. The van der Waals surface area contributed by atoms with E-state index in [1.165, 1.54) is 17.6 Å². The van der Waals surface area contributed by atoms with Gasteiger partial charge in [-0.1, -0.05) is 0 Å². The number of nitrogens with zero attached hydrogens (tertiary/aromatic N) is 5. The predicted octanol–water partition coefficient (Wildman–Crippen LogP) is 2.59. The van der Waals surface area contributed by atoms with E-state index in [0.717, 1.165) is 0 Å². The van der Waals surface area contributed by atoms with E-state index in [4.69, 9.17) is 23.6 Å². The Morgan fingerprint density at radius 3 is 2.79 bits per heavy atom. The Morgan fingerprint density at radius 2 is 2.09 bits per heavy atom. The highest BCUT2D eigenvalue weighted by Crippen LogP contribution is 2.32. The van der Waals surface area contributed by atoms with Gasteiger partial charge in [0.05, 0.1) is 19.0 Å². The number of hydrogen-bond acceptors (Lipinski definition) is 10. The molecule has 2 N–H and O–H groups in total. The van der Waals surface area contributed by atoms with Crippen molar-refractivity contribution >= 4 is 37.4 Å². The SMILES string of the molecule is CN(CCOC(=O)Nc1ncnc2c1ncn2[C@H]1CC[C@@H](CO[P+](=O)O)O1)C(=O)OC(C)(C)C. The molecule has 0 bridgehead atoms. The summed E-state index contributed by atoms with van der Waals surface area (Å²) in [5, 5.41) is 2.53. The van der Waals surface area contributed by atoms with Crippen LogP contribution in [-0.2, 0) is 23.3 Å². The van der Waals surface area contributed by atoms with Crippen LogP contribution >= 0.6 is 8.25 Å². The minimum atomic E-state index is -2.68. The molecule has 0 spiro atoms. The lowest BCUT2D eigenvalue weighted by Gasteiger charge is -2.24. The molecule has 14 nitrogen and oxygen atoms in total. The molecular formula is C19H28N6O8P+. The number of nitrogens with one attached hydrogen (secondary N) is 1. The zero-order chi connectivity index (χ0) is 24.9. The van der Waals surface area contributed by atoms with Crippen molar-refractivity contribution in [3.8, 4) is 0 Å². The monoisotopic (exact) mass is 499 g/mol. The zero-order valence-corrected chi connectivity index (χ0v) is 20.2. The van der Waals surface area contributed by atoms with Gasteiger partial charge in [0.1, 0.15) is 31.4 Å². The third-order valence-corrected chi connectivity index (χ3v) is 5.08. The Hall–Kier alpha value is -2.93. The molecule has 3 heterocycles. The molecule has 1 fully saturated rings. The van der Waals surface area contributed by atoms with E-state index in [0.29, 0.717) is 24.0 Å². The van der Waals surface area contributed by atoms with E-state index < -0.39 is 32.3 Å². The van der Waals surface area contributed by atoms with Gasteiger partial charge in [0.2, 0.25) is 0 Å². The number of anilines is 1. The number of carbonyl (C=O) groups is 2. The third-order valence-electron chi connectivity index (χ3n) is 4.71. The Balaban J connectivity index is 1.55. The minimum Gasteiger partial charge on any atom is -0.447 e. The summed E-state index contributed by atoms with van der Waals surface area (Å²) in [6.07, 6.45) is 2.04. The molecule has 15 heteroatoms. The molecule has 1 aliphatic heterocycles. The second-order valence-corrected chi connectivity index (χ2v) is 9.27. The fourth-order valence-corrected chi connectivity index (χ4v) is 3.45. The van der Waals surface area contributed by atoms with Gasteiger partial charge >= 0.3 is 20.4 Å². The van der Waals surface area contributed by atoms with Crippen molar-refractivity contribution in [1.29, 1.82) is 0 Å². The van der Waals surface area contributed by atoms with Crippen molar-refractivity contribution in [1.82, 2.24) is 24.4 Å². The van der Waals surface area contributed by atoms with E-state index in [9.17, 15) is 14.2 Å². The van der Waals surface area contributed by atoms with Crippen LogP contribution in [0, 0.1) is 0 Å². The summed E-state index contributed by atoms with van der Waals surface area (Å²) in [6, 6.07) is 0. The molecule has 1 saturated heterocycles. The molecule has 3 atom stereocenters. The number of likely N-dealkylation sites (N-methyl/N-ethyl adjacent to an activating group) is 1. The van der Waals surface area contributed by atoms with Gasteiger partial charge < -0.3 is 19.1 Å². The van der Waals surface area contributed by atoms with Gasteiger partial charge in [-0.25, -0.2) is 24.5 Å². The van der Waals surface area contributed by atoms with Crippen LogP contribution in [-0.4, -0.2) is 80.0 Å². The number of fused-ring (bicyclic) bond motifs is 1. The lowest BCUT2D eigenvalue weighted by Crippen LogP contribution is -2.36. The molecule has 1 aliphatic rings. The summed E-state index contributed by atoms with van der Waals surface area (Å²) < 4.78 is 33.4. The third kappa shape index (κ3) is 7.03. The van der Waals surface area contributed by atoms with Crippen LogP contribution in [0.4, 0.5) is 15.4 Å². The maximum absolute atomic E-state index is 12.2. The van der Waals surface area contributed by atoms with Crippen molar-refractivity contribution < 1.29 is 37.8 Å². The summed E-state index contributed by atoms with van der Waals surface area (Å²) in [5.74, 6) is 0.157. The van der Waals surface area contributed by atoms with Gasteiger partial charge in [-0.3, -0.25) is 9.88 Å². The van der Waals surface area contributed by atoms with Crippen molar-refractivity contribution in [3.63, 3.8) is 0 Å².